The van der Waals surface area contributed by atoms with Crippen LogP contribution in [0, 0.1) is 6.92 Å². The van der Waals surface area contributed by atoms with E-state index in [1.165, 1.54) is 10.9 Å². The Kier molecular flexibility index (Phi) is 5.64. The van der Waals surface area contributed by atoms with Gasteiger partial charge in [-0.3, -0.25) is 0 Å². The Morgan fingerprint density at radius 2 is 1.56 bits per heavy atom. The van der Waals surface area contributed by atoms with E-state index in [0.717, 1.165) is 16.8 Å². The summed E-state index contributed by atoms with van der Waals surface area (Å²) in [5.74, 6) is 0. The van der Waals surface area contributed by atoms with E-state index in [1.54, 1.807) is 29.1 Å². The van der Waals surface area contributed by atoms with Crippen LogP contribution in [0.5, 0.6) is 0 Å². The summed E-state index contributed by atoms with van der Waals surface area (Å²) >= 11 is 3.69. The first-order chi connectivity index (χ1) is 16.3. The molecular formula is C24H19BrN6O2S. The van der Waals surface area contributed by atoms with Crippen molar-refractivity contribution in [3.05, 3.63) is 95.1 Å². The van der Waals surface area contributed by atoms with E-state index in [2.05, 4.69) is 26.1 Å². The third-order valence-corrected chi connectivity index (χ3v) is 6.98. The number of aromatic nitrogens is 5. The molecule has 0 fully saturated rings. The van der Waals surface area contributed by atoms with E-state index in [4.69, 9.17) is 10.2 Å². The zero-order valence-corrected chi connectivity index (χ0v) is 20.4. The minimum Gasteiger partial charge on any atom is -0.228 e. The molecule has 0 aliphatic rings. The highest BCUT2D eigenvalue weighted by Gasteiger charge is 2.25. The number of hydrogen-bond donors (Lipinski definition) is 1. The summed E-state index contributed by atoms with van der Waals surface area (Å²) < 4.78 is 26.9. The van der Waals surface area contributed by atoms with E-state index in [-0.39, 0.29) is 4.90 Å². The van der Waals surface area contributed by atoms with E-state index >= 15 is 0 Å². The third-order valence-electron chi connectivity index (χ3n) is 5.27. The first-order valence-corrected chi connectivity index (χ1v) is 12.6. The fraction of sp³-hybridized carbons (Fsp3) is 0.0417. The summed E-state index contributed by atoms with van der Waals surface area (Å²) in [7, 11) is -4.01. The molecule has 0 aliphatic carbocycles. The SMILES string of the molecule is Cc1ccc(-c2nn(-c3ccccc3S(N)(=O)=O)c(-c3cnn(-c4ccccc4)n3)c2Br)cc1. The number of halogens is 1. The lowest BCUT2D eigenvalue weighted by Crippen LogP contribution is -2.16. The van der Waals surface area contributed by atoms with Crippen LogP contribution in [0.15, 0.2) is 94.4 Å². The minimum absolute atomic E-state index is 0.0443. The topological polar surface area (TPSA) is 109 Å². The standard InChI is InChI=1S/C24H19BrN6O2S/c1-16-11-13-17(14-12-16)23-22(25)24(19-15-27-31(28-19)18-7-3-2-4-8-18)30(29-23)20-9-5-6-10-21(20)34(26,32)33/h2-15H,1H3,(H2,26,32,33). The van der Waals surface area contributed by atoms with Crippen LogP contribution in [-0.2, 0) is 10.0 Å². The summed E-state index contributed by atoms with van der Waals surface area (Å²) in [6.45, 7) is 2.01. The largest absolute Gasteiger partial charge is 0.240 e. The number of benzene rings is 3. The van der Waals surface area contributed by atoms with Crippen LogP contribution in [0.2, 0.25) is 0 Å². The Balaban J connectivity index is 1.76. The molecular weight excluding hydrogens is 516 g/mol. The molecule has 0 amide bonds. The Hall–Kier alpha value is -3.60. The molecule has 5 aromatic rings. The maximum Gasteiger partial charge on any atom is 0.240 e. The van der Waals surface area contributed by atoms with Gasteiger partial charge in [0.15, 0.2) is 0 Å². The van der Waals surface area contributed by atoms with E-state index in [9.17, 15) is 8.42 Å². The molecule has 0 radical (unpaired) electrons. The minimum atomic E-state index is -4.01. The van der Waals surface area contributed by atoms with Gasteiger partial charge in [0.25, 0.3) is 0 Å². The van der Waals surface area contributed by atoms with Crippen molar-refractivity contribution in [2.45, 2.75) is 11.8 Å². The lowest BCUT2D eigenvalue weighted by molar-refractivity contribution is 0.596. The Labute approximate surface area is 204 Å². The zero-order valence-electron chi connectivity index (χ0n) is 18.0. The Morgan fingerprint density at radius 1 is 0.882 bits per heavy atom. The van der Waals surface area contributed by atoms with Crippen molar-refractivity contribution in [2.24, 2.45) is 5.14 Å². The van der Waals surface area contributed by atoms with E-state index in [0.29, 0.717) is 27.2 Å². The normalized spacial score (nSPS) is 11.6. The molecule has 2 aromatic heterocycles. The number of sulfonamides is 1. The predicted octanol–water partition coefficient (Wildman–Crippen LogP) is 4.51. The highest BCUT2D eigenvalue weighted by atomic mass is 79.9. The summed E-state index contributed by atoms with van der Waals surface area (Å²) in [6, 6.07) is 23.9. The molecule has 0 spiro atoms. The molecule has 0 saturated heterocycles. The lowest BCUT2D eigenvalue weighted by Gasteiger charge is -2.10. The molecule has 2 N–H and O–H groups in total. The van der Waals surface area contributed by atoms with Crippen LogP contribution in [0.3, 0.4) is 0 Å². The smallest absolute Gasteiger partial charge is 0.228 e. The van der Waals surface area contributed by atoms with Gasteiger partial charge in [0.2, 0.25) is 10.0 Å². The fourth-order valence-corrected chi connectivity index (χ4v) is 5.01. The second kappa shape index (κ2) is 8.64. The van der Waals surface area contributed by atoms with Crippen LogP contribution in [-0.4, -0.2) is 33.2 Å². The van der Waals surface area contributed by atoms with Crippen LogP contribution >= 0.6 is 15.9 Å². The first kappa shape index (κ1) is 22.2. The maximum absolute atomic E-state index is 12.4. The van der Waals surface area contributed by atoms with Crippen molar-refractivity contribution in [3.63, 3.8) is 0 Å². The van der Waals surface area contributed by atoms with Crippen LogP contribution in [0.1, 0.15) is 5.56 Å². The molecule has 8 nitrogen and oxygen atoms in total. The number of primary sulfonamides is 1. The molecule has 0 unspecified atom stereocenters. The first-order valence-electron chi connectivity index (χ1n) is 10.3. The van der Waals surface area contributed by atoms with Gasteiger partial charge in [0, 0.05) is 5.56 Å². The fourth-order valence-electron chi connectivity index (χ4n) is 3.62. The van der Waals surface area contributed by atoms with Crippen LogP contribution < -0.4 is 5.14 Å². The van der Waals surface area contributed by atoms with Crippen molar-refractivity contribution in [3.8, 4) is 34.0 Å². The molecule has 34 heavy (non-hydrogen) atoms. The molecule has 0 aliphatic heterocycles. The summed E-state index contributed by atoms with van der Waals surface area (Å²) in [5.41, 5.74) is 4.77. The quantitative estimate of drug-likeness (QED) is 0.357. The molecule has 5 rings (SSSR count). The molecule has 2 heterocycles. The van der Waals surface area contributed by atoms with Crippen LogP contribution in [0.25, 0.3) is 34.0 Å². The molecule has 0 atom stereocenters. The molecule has 0 saturated carbocycles. The second-order valence-electron chi connectivity index (χ2n) is 7.66. The second-order valence-corrected chi connectivity index (χ2v) is 9.98. The molecule has 170 valence electrons. The van der Waals surface area contributed by atoms with Gasteiger partial charge in [0.1, 0.15) is 22.0 Å². The summed E-state index contributed by atoms with van der Waals surface area (Å²) in [6.07, 6.45) is 1.61. The maximum atomic E-state index is 12.4. The molecule has 10 heteroatoms. The number of rotatable bonds is 5. The summed E-state index contributed by atoms with van der Waals surface area (Å²) in [4.78, 5) is 1.47. The highest BCUT2D eigenvalue weighted by molar-refractivity contribution is 9.10. The van der Waals surface area contributed by atoms with Crippen molar-refractivity contribution >= 4 is 26.0 Å². The molecule has 3 aromatic carbocycles. The van der Waals surface area contributed by atoms with Gasteiger partial charge in [-0.1, -0.05) is 60.2 Å². The van der Waals surface area contributed by atoms with Gasteiger partial charge in [-0.15, -0.1) is 5.10 Å². The van der Waals surface area contributed by atoms with Gasteiger partial charge in [-0.05, 0) is 47.1 Å². The number of nitrogens with zero attached hydrogens (tertiary/aromatic N) is 5. The van der Waals surface area contributed by atoms with Gasteiger partial charge >= 0.3 is 0 Å². The number of para-hydroxylation sites is 2. The van der Waals surface area contributed by atoms with Gasteiger partial charge in [-0.2, -0.15) is 15.0 Å². The molecule has 0 bridgehead atoms. The number of hydrogen-bond acceptors (Lipinski definition) is 5. The number of aryl methyl sites for hydroxylation is 1. The van der Waals surface area contributed by atoms with Gasteiger partial charge in [0.05, 0.1) is 22.0 Å². The van der Waals surface area contributed by atoms with Gasteiger partial charge in [-0.25, -0.2) is 18.2 Å². The highest BCUT2D eigenvalue weighted by Crippen LogP contribution is 2.38. The van der Waals surface area contributed by atoms with E-state index in [1.807, 2.05) is 61.5 Å². The zero-order chi connectivity index (χ0) is 23.9. The number of nitrogens with two attached hydrogens (primary N) is 1. The summed E-state index contributed by atoms with van der Waals surface area (Å²) in [5, 5.41) is 19.4. The van der Waals surface area contributed by atoms with Crippen molar-refractivity contribution in [1.29, 1.82) is 0 Å². The predicted molar refractivity (Wildman–Crippen MR) is 133 cm³/mol. The van der Waals surface area contributed by atoms with E-state index < -0.39 is 10.0 Å². The van der Waals surface area contributed by atoms with Crippen molar-refractivity contribution < 1.29 is 8.42 Å². The average Bonchev–Trinajstić information content (AvgIpc) is 3.44. The Bertz CT molecular complexity index is 1590. The average molecular weight is 535 g/mol. The monoisotopic (exact) mass is 534 g/mol. The lowest BCUT2D eigenvalue weighted by atomic mass is 10.1. The van der Waals surface area contributed by atoms with Crippen LogP contribution in [0.4, 0.5) is 0 Å². The Morgan fingerprint density at radius 3 is 2.26 bits per heavy atom. The van der Waals surface area contributed by atoms with Crippen molar-refractivity contribution in [2.75, 3.05) is 0 Å². The van der Waals surface area contributed by atoms with Gasteiger partial charge < -0.3 is 0 Å². The third kappa shape index (κ3) is 4.07. The van der Waals surface area contributed by atoms with Crippen molar-refractivity contribution in [1.82, 2.24) is 24.8 Å².